The molecule has 0 spiro atoms. The first-order chi connectivity index (χ1) is 14.3. The minimum atomic E-state index is -3.65. The molecular formula is C22H18Cl2N2O3S. The lowest BCUT2D eigenvalue weighted by Crippen LogP contribution is -2.35. The Labute approximate surface area is 185 Å². The van der Waals surface area contributed by atoms with Crippen molar-refractivity contribution in [3.63, 3.8) is 0 Å². The molecular weight excluding hydrogens is 443 g/mol. The molecule has 0 saturated carbocycles. The molecule has 0 saturated heterocycles. The minimum absolute atomic E-state index is 0.257. The van der Waals surface area contributed by atoms with Crippen molar-refractivity contribution in [1.82, 2.24) is 0 Å². The van der Waals surface area contributed by atoms with Crippen LogP contribution in [0.4, 0.5) is 11.4 Å². The summed E-state index contributed by atoms with van der Waals surface area (Å²) >= 11 is 11.9. The quantitative estimate of drug-likeness (QED) is 0.567. The fourth-order valence-electron chi connectivity index (χ4n) is 3.50. The molecule has 0 radical (unpaired) electrons. The Kier molecular flexibility index (Phi) is 5.73. The predicted molar refractivity (Wildman–Crippen MR) is 120 cm³/mol. The minimum Gasteiger partial charge on any atom is -0.322 e. The van der Waals surface area contributed by atoms with Gasteiger partial charge in [0.25, 0.3) is 15.9 Å². The van der Waals surface area contributed by atoms with E-state index in [1.54, 1.807) is 48.5 Å². The Morgan fingerprint density at radius 3 is 2.33 bits per heavy atom. The van der Waals surface area contributed by atoms with E-state index in [0.717, 1.165) is 12.0 Å². The van der Waals surface area contributed by atoms with Crippen molar-refractivity contribution < 1.29 is 13.2 Å². The molecule has 0 unspecified atom stereocenters. The van der Waals surface area contributed by atoms with Gasteiger partial charge in [-0.2, -0.15) is 0 Å². The average molecular weight is 461 g/mol. The SMILES string of the molecule is O=C(Nc1ccc2c(c1)CCCN2S(=O)(=O)c1ccccc1)c1cc(Cl)cc(Cl)c1. The van der Waals surface area contributed by atoms with Gasteiger partial charge in [0.05, 0.1) is 10.6 Å². The molecule has 1 heterocycles. The summed E-state index contributed by atoms with van der Waals surface area (Å²) in [6.07, 6.45) is 1.42. The van der Waals surface area contributed by atoms with Gasteiger partial charge in [-0.25, -0.2) is 8.42 Å². The highest BCUT2D eigenvalue weighted by Crippen LogP contribution is 2.34. The molecule has 5 nitrogen and oxygen atoms in total. The summed E-state index contributed by atoms with van der Waals surface area (Å²) in [6, 6.07) is 18.2. The molecule has 0 bridgehead atoms. The Morgan fingerprint density at radius 1 is 0.933 bits per heavy atom. The van der Waals surface area contributed by atoms with Gasteiger partial charge in [0.2, 0.25) is 0 Å². The summed E-state index contributed by atoms with van der Waals surface area (Å²) in [5.74, 6) is -0.344. The first kappa shape index (κ1) is 20.7. The summed E-state index contributed by atoms with van der Waals surface area (Å²) in [6.45, 7) is 0.414. The van der Waals surface area contributed by atoms with E-state index in [9.17, 15) is 13.2 Å². The van der Waals surface area contributed by atoms with E-state index in [1.165, 1.54) is 16.4 Å². The highest BCUT2D eigenvalue weighted by molar-refractivity contribution is 7.92. The summed E-state index contributed by atoms with van der Waals surface area (Å²) in [7, 11) is -3.65. The zero-order valence-corrected chi connectivity index (χ0v) is 18.1. The number of nitrogens with zero attached hydrogens (tertiary/aromatic N) is 1. The van der Waals surface area contributed by atoms with Crippen molar-refractivity contribution in [1.29, 1.82) is 0 Å². The van der Waals surface area contributed by atoms with Gasteiger partial charge in [-0.15, -0.1) is 0 Å². The third kappa shape index (κ3) is 4.17. The van der Waals surface area contributed by atoms with Crippen LogP contribution in [-0.2, 0) is 16.4 Å². The molecule has 3 aromatic carbocycles. The fraction of sp³-hybridized carbons (Fsp3) is 0.136. The van der Waals surface area contributed by atoms with E-state index in [0.29, 0.717) is 39.9 Å². The van der Waals surface area contributed by atoms with E-state index >= 15 is 0 Å². The second-order valence-corrected chi connectivity index (χ2v) is 9.68. The van der Waals surface area contributed by atoms with Crippen molar-refractivity contribution in [3.05, 3.63) is 87.9 Å². The molecule has 30 heavy (non-hydrogen) atoms. The number of fused-ring (bicyclic) bond motifs is 1. The second kappa shape index (κ2) is 8.30. The number of anilines is 2. The molecule has 0 fully saturated rings. The number of nitrogens with one attached hydrogen (secondary N) is 1. The maximum atomic E-state index is 13.1. The number of rotatable bonds is 4. The van der Waals surface area contributed by atoms with E-state index < -0.39 is 10.0 Å². The zero-order chi connectivity index (χ0) is 21.3. The molecule has 8 heteroatoms. The van der Waals surface area contributed by atoms with Gasteiger partial charge in [0.15, 0.2) is 0 Å². The highest BCUT2D eigenvalue weighted by Gasteiger charge is 2.29. The van der Waals surface area contributed by atoms with Crippen LogP contribution in [0.3, 0.4) is 0 Å². The normalized spacial score (nSPS) is 13.6. The highest BCUT2D eigenvalue weighted by atomic mass is 35.5. The van der Waals surface area contributed by atoms with Gasteiger partial charge in [-0.05, 0) is 66.9 Å². The number of amides is 1. The molecule has 3 aromatic rings. The third-order valence-electron chi connectivity index (χ3n) is 4.87. The van der Waals surface area contributed by atoms with Crippen LogP contribution in [0.15, 0.2) is 71.6 Å². The predicted octanol–water partition coefficient (Wildman–Crippen LogP) is 5.39. The number of hydrogen-bond acceptors (Lipinski definition) is 3. The molecule has 0 aromatic heterocycles. The van der Waals surface area contributed by atoms with Crippen LogP contribution in [0, 0.1) is 0 Å². The van der Waals surface area contributed by atoms with Gasteiger partial charge >= 0.3 is 0 Å². The van der Waals surface area contributed by atoms with Crippen LogP contribution in [-0.4, -0.2) is 20.9 Å². The summed E-state index contributed by atoms with van der Waals surface area (Å²) in [5, 5.41) is 3.57. The standard InChI is InChI=1S/C22H18Cl2N2O3S/c23-17-11-16(12-18(24)14-17)22(27)25-19-8-9-21-15(13-19)5-4-10-26(21)30(28,29)20-6-2-1-3-7-20/h1-3,6-9,11-14H,4-5,10H2,(H,25,27). The number of hydrogen-bond donors (Lipinski definition) is 1. The van der Waals surface area contributed by atoms with E-state index in [4.69, 9.17) is 23.2 Å². The summed E-state index contributed by atoms with van der Waals surface area (Å²) in [5.41, 5.74) is 2.42. The first-order valence-electron chi connectivity index (χ1n) is 9.33. The van der Waals surface area contributed by atoms with E-state index in [2.05, 4.69) is 5.32 Å². The van der Waals surface area contributed by atoms with Crippen LogP contribution in [0.2, 0.25) is 10.0 Å². The van der Waals surface area contributed by atoms with Crippen LogP contribution < -0.4 is 9.62 Å². The van der Waals surface area contributed by atoms with Crippen LogP contribution >= 0.6 is 23.2 Å². The Balaban J connectivity index is 1.61. The number of carbonyl (C=O) groups excluding carboxylic acids is 1. The smallest absolute Gasteiger partial charge is 0.264 e. The maximum Gasteiger partial charge on any atom is 0.264 e. The van der Waals surface area contributed by atoms with Gasteiger partial charge in [-0.1, -0.05) is 41.4 Å². The largest absolute Gasteiger partial charge is 0.322 e. The lowest BCUT2D eigenvalue weighted by Gasteiger charge is -2.31. The Morgan fingerprint density at radius 2 is 1.63 bits per heavy atom. The van der Waals surface area contributed by atoms with Gasteiger partial charge in [0, 0.05) is 27.8 Å². The first-order valence-corrected chi connectivity index (χ1v) is 11.5. The Hall–Kier alpha value is -2.54. The van der Waals surface area contributed by atoms with Crippen molar-refractivity contribution in [3.8, 4) is 0 Å². The average Bonchev–Trinajstić information content (AvgIpc) is 2.73. The summed E-state index contributed by atoms with van der Waals surface area (Å²) < 4.78 is 27.6. The van der Waals surface area contributed by atoms with Crippen molar-refractivity contribution >= 4 is 50.5 Å². The third-order valence-corrected chi connectivity index (χ3v) is 7.13. The lowest BCUT2D eigenvalue weighted by atomic mass is 10.0. The molecule has 1 aliphatic heterocycles. The number of aryl methyl sites for hydroxylation is 1. The van der Waals surface area contributed by atoms with Crippen molar-refractivity contribution in [2.45, 2.75) is 17.7 Å². The second-order valence-electron chi connectivity index (χ2n) is 6.95. The topological polar surface area (TPSA) is 66.5 Å². The van der Waals surface area contributed by atoms with E-state index in [1.807, 2.05) is 6.07 Å². The van der Waals surface area contributed by atoms with Gasteiger partial charge in [-0.3, -0.25) is 9.10 Å². The monoisotopic (exact) mass is 460 g/mol. The van der Waals surface area contributed by atoms with Crippen molar-refractivity contribution in [2.75, 3.05) is 16.2 Å². The zero-order valence-electron chi connectivity index (χ0n) is 15.8. The molecule has 1 aliphatic rings. The molecule has 4 rings (SSSR count). The number of carbonyl (C=O) groups is 1. The molecule has 0 atom stereocenters. The summed E-state index contributed by atoms with van der Waals surface area (Å²) in [4.78, 5) is 12.8. The molecule has 0 aliphatic carbocycles. The van der Waals surface area contributed by atoms with E-state index in [-0.39, 0.29) is 10.8 Å². The van der Waals surface area contributed by atoms with Crippen LogP contribution in [0.5, 0.6) is 0 Å². The number of halogens is 2. The number of sulfonamides is 1. The Bertz CT molecular complexity index is 1190. The van der Waals surface area contributed by atoms with Crippen LogP contribution in [0.25, 0.3) is 0 Å². The lowest BCUT2D eigenvalue weighted by molar-refractivity contribution is 0.102. The van der Waals surface area contributed by atoms with Gasteiger partial charge < -0.3 is 5.32 Å². The maximum absolute atomic E-state index is 13.1. The molecule has 1 amide bonds. The number of benzene rings is 3. The van der Waals surface area contributed by atoms with Crippen LogP contribution in [0.1, 0.15) is 22.3 Å². The molecule has 1 N–H and O–H groups in total. The molecule has 154 valence electrons. The van der Waals surface area contributed by atoms with Crippen molar-refractivity contribution in [2.24, 2.45) is 0 Å². The fourth-order valence-corrected chi connectivity index (χ4v) is 5.59. The van der Waals surface area contributed by atoms with Gasteiger partial charge in [0.1, 0.15) is 0 Å².